The fourth-order valence-electron chi connectivity index (χ4n) is 4.32. The number of carbonyl (C=O) groups excluding carboxylic acids is 1. The van der Waals surface area contributed by atoms with Gasteiger partial charge in [0.05, 0.1) is 19.6 Å². The number of benzene rings is 1. The lowest BCUT2D eigenvalue weighted by molar-refractivity contribution is -0.129. The number of H-pyrrole nitrogens is 1. The van der Waals surface area contributed by atoms with E-state index in [-0.39, 0.29) is 5.91 Å². The van der Waals surface area contributed by atoms with Crippen molar-refractivity contribution in [1.29, 1.82) is 0 Å². The molecule has 1 amide bonds. The fraction of sp³-hybridized carbons (Fsp3) is 0.550. The highest BCUT2D eigenvalue weighted by molar-refractivity contribution is 5.90. The van der Waals surface area contributed by atoms with Crippen LogP contribution in [0.4, 0.5) is 0 Å². The first-order valence-corrected chi connectivity index (χ1v) is 9.28. The molecule has 0 spiro atoms. The van der Waals surface area contributed by atoms with E-state index in [1.165, 1.54) is 10.9 Å². The molecule has 0 aliphatic carbocycles. The maximum Gasteiger partial charge on any atom is 0.227 e. The van der Waals surface area contributed by atoms with Crippen molar-refractivity contribution in [2.75, 3.05) is 39.4 Å². The summed E-state index contributed by atoms with van der Waals surface area (Å²) >= 11 is 0. The quantitative estimate of drug-likeness (QED) is 0.931. The summed E-state index contributed by atoms with van der Waals surface area (Å²) in [6, 6.07) is 6.73. The number of hydrogen-bond donors (Lipinski definition) is 1. The van der Waals surface area contributed by atoms with Gasteiger partial charge in [-0.1, -0.05) is 25.1 Å². The summed E-state index contributed by atoms with van der Waals surface area (Å²) in [4.78, 5) is 20.8. The number of aromatic amines is 1. The summed E-state index contributed by atoms with van der Waals surface area (Å²) in [7, 11) is 0. The topological polar surface area (TPSA) is 48.6 Å². The fourth-order valence-corrected chi connectivity index (χ4v) is 4.32. The van der Waals surface area contributed by atoms with Crippen molar-refractivity contribution in [2.45, 2.75) is 26.3 Å². The van der Waals surface area contributed by atoms with Crippen LogP contribution in [-0.2, 0) is 16.0 Å². The molecule has 2 fully saturated rings. The van der Waals surface area contributed by atoms with Crippen LogP contribution in [0.2, 0.25) is 0 Å². The summed E-state index contributed by atoms with van der Waals surface area (Å²) in [5.74, 6) is 0.761. The van der Waals surface area contributed by atoms with Gasteiger partial charge in [-0.25, -0.2) is 0 Å². The zero-order chi connectivity index (χ0) is 17.4. The number of hydrogen-bond acceptors (Lipinski definition) is 3. The number of morpholine rings is 1. The predicted molar refractivity (Wildman–Crippen MR) is 98.7 cm³/mol. The van der Waals surface area contributed by atoms with Crippen LogP contribution in [0.5, 0.6) is 0 Å². The second-order valence-corrected chi connectivity index (χ2v) is 7.48. The largest absolute Gasteiger partial charge is 0.379 e. The number of nitrogens with zero attached hydrogens (tertiary/aromatic N) is 2. The van der Waals surface area contributed by atoms with Gasteiger partial charge >= 0.3 is 0 Å². The predicted octanol–water partition coefficient (Wildman–Crippen LogP) is 2.20. The standard InChI is InChI=1S/C20H27N3O2/c1-14-4-3-5-17-16(11-21-20(14)17)10-19(24)23-12-15(2)18(13-23)22-6-8-25-9-7-22/h3-5,11,15,18,21H,6-10,12-13H2,1-2H3/t15-,18+/m0/s1. The Kier molecular flexibility index (Phi) is 4.52. The third-order valence-electron chi connectivity index (χ3n) is 5.79. The van der Waals surface area contributed by atoms with E-state index >= 15 is 0 Å². The first-order chi connectivity index (χ1) is 12.1. The van der Waals surface area contributed by atoms with Gasteiger partial charge in [0.15, 0.2) is 0 Å². The van der Waals surface area contributed by atoms with E-state index in [1.807, 2.05) is 6.20 Å². The molecule has 2 aromatic rings. The van der Waals surface area contributed by atoms with E-state index < -0.39 is 0 Å². The van der Waals surface area contributed by atoms with Crippen molar-refractivity contribution < 1.29 is 9.53 Å². The average molecular weight is 341 g/mol. The highest BCUT2D eigenvalue weighted by atomic mass is 16.5. The number of para-hydroxylation sites is 1. The minimum Gasteiger partial charge on any atom is -0.379 e. The molecule has 0 bridgehead atoms. The van der Waals surface area contributed by atoms with E-state index in [0.29, 0.717) is 18.4 Å². The van der Waals surface area contributed by atoms with Crippen molar-refractivity contribution in [3.05, 3.63) is 35.5 Å². The van der Waals surface area contributed by atoms with E-state index in [2.05, 4.69) is 46.8 Å². The van der Waals surface area contributed by atoms with Crippen molar-refractivity contribution in [3.8, 4) is 0 Å². The van der Waals surface area contributed by atoms with Gasteiger partial charge in [-0.05, 0) is 24.0 Å². The van der Waals surface area contributed by atoms with Gasteiger partial charge < -0.3 is 14.6 Å². The van der Waals surface area contributed by atoms with Crippen molar-refractivity contribution in [1.82, 2.24) is 14.8 Å². The molecule has 134 valence electrons. The first-order valence-electron chi connectivity index (χ1n) is 9.28. The summed E-state index contributed by atoms with van der Waals surface area (Å²) in [5.41, 5.74) is 3.47. The monoisotopic (exact) mass is 341 g/mol. The molecule has 0 unspecified atom stereocenters. The van der Waals surface area contributed by atoms with Crippen LogP contribution in [0, 0.1) is 12.8 Å². The van der Waals surface area contributed by atoms with E-state index in [0.717, 1.165) is 50.5 Å². The average Bonchev–Trinajstić information content (AvgIpc) is 3.21. The lowest BCUT2D eigenvalue weighted by atomic mass is 10.0. The summed E-state index contributed by atoms with van der Waals surface area (Å²) in [6.07, 6.45) is 2.47. The third kappa shape index (κ3) is 3.18. The number of rotatable bonds is 3. The normalized spacial score (nSPS) is 25.0. The lowest BCUT2D eigenvalue weighted by Gasteiger charge is -2.34. The molecule has 2 aliphatic heterocycles. The number of aromatic nitrogens is 1. The maximum absolute atomic E-state index is 12.9. The molecule has 5 nitrogen and oxygen atoms in total. The Balaban J connectivity index is 1.45. The van der Waals surface area contributed by atoms with Gasteiger partial charge in [-0.15, -0.1) is 0 Å². The van der Waals surface area contributed by atoms with Crippen molar-refractivity contribution in [2.24, 2.45) is 5.92 Å². The molecule has 3 heterocycles. The molecule has 0 saturated carbocycles. The van der Waals surface area contributed by atoms with E-state index in [1.54, 1.807) is 0 Å². The Morgan fingerprint density at radius 2 is 2.08 bits per heavy atom. The van der Waals surface area contributed by atoms with Gasteiger partial charge in [0.25, 0.3) is 0 Å². The van der Waals surface area contributed by atoms with Crippen molar-refractivity contribution >= 4 is 16.8 Å². The van der Waals surface area contributed by atoms with Gasteiger partial charge in [0.1, 0.15) is 0 Å². The highest BCUT2D eigenvalue weighted by Gasteiger charge is 2.36. The molecular weight excluding hydrogens is 314 g/mol. The van der Waals surface area contributed by atoms with E-state index in [9.17, 15) is 4.79 Å². The molecule has 2 saturated heterocycles. The number of fused-ring (bicyclic) bond motifs is 1. The van der Waals surface area contributed by atoms with Crippen LogP contribution in [0.3, 0.4) is 0 Å². The molecule has 1 aromatic heterocycles. The molecule has 25 heavy (non-hydrogen) atoms. The number of ether oxygens (including phenoxy) is 1. The van der Waals surface area contributed by atoms with Crippen LogP contribution in [0.15, 0.2) is 24.4 Å². The smallest absolute Gasteiger partial charge is 0.227 e. The van der Waals surface area contributed by atoms with E-state index in [4.69, 9.17) is 4.74 Å². The molecular formula is C20H27N3O2. The Labute approximate surface area is 148 Å². The number of likely N-dealkylation sites (tertiary alicyclic amines) is 1. The van der Waals surface area contributed by atoms with Gasteiger partial charge in [-0.3, -0.25) is 9.69 Å². The Morgan fingerprint density at radius 3 is 2.88 bits per heavy atom. The second-order valence-electron chi connectivity index (χ2n) is 7.48. The van der Waals surface area contributed by atoms with Crippen LogP contribution >= 0.6 is 0 Å². The first kappa shape index (κ1) is 16.6. The zero-order valence-corrected chi connectivity index (χ0v) is 15.1. The van der Waals surface area contributed by atoms with Crippen LogP contribution in [-0.4, -0.2) is 66.1 Å². The van der Waals surface area contributed by atoms with Gasteiger partial charge in [0.2, 0.25) is 5.91 Å². The number of amides is 1. The molecule has 4 rings (SSSR count). The third-order valence-corrected chi connectivity index (χ3v) is 5.79. The number of carbonyl (C=O) groups is 1. The van der Waals surface area contributed by atoms with Gasteiger partial charge in [0, 0.05) is 49.3 Å². The SMILES string of the molecule is Cc1cccc2c(CC(=O)N3C[C@@H](N4CCOCC4)[C@@H](C)C3)c[nH]c12. The van der Waals surface area contributed by atoms with Gasteiger partial charge in [-0.2, -0.15) is 0 Å². The maximum atomic E-state index is 12.9. The summed E-state index contributed by atoms with van der Waals surface area (Å²) in [5, 5.41) is 1.17. The lowest BCUT2D eigenvalue weighted by Crippen LogP contribution is -2.47. The highest BCUT2D eigenvalue weighted by Crippen LogP contribution is 2.25. The molecule has 0 radical (unpaired) electrons. The van der Waals surface area contributed by atoms with Crippen LogP contribution in [0.25, 0.3) is 10.9 Å². The number of nitrogens with one attached hydrogen (secondary N) is 1. The second kappa shape index (κ2) is 6.81. The minimum atomic E-state index is 0.241. The minimum absolute atomic E-state index is 0.241. The zero-order valence-electron chi connectivity index (χ0n) is 15.1. The molecule has 1 N–H and O–H groups in total. The molecule has 2 aliphatic rings. The Hall–Kier alpha value is -1.85. The van der Waals surface area contributed by atoms with Crippen LogP contribution < -0.4 is 0 Å². The Bertz CT molecular complexity index is 763. The molecule has 1 aromatic carbocycles. The number of aryl methyl sites for hydroxylation is 1. The van der Waals surface area contributed by atoms with Crippen molar-refractivity contribution in [3.63, 3.8) is 0 Å². The molecule has 5 heteroatoms. The van der Waals surface area contributed by atoms with Crippen LogP contribution in [0.1, 0.15) is 18.1 Å². The Morgan fingerprint density at radius 1 is 1.28 bits per heavy atom. The summed E-state index contributed by atoms with van der Waals surface area (Å²) < 4.78 is 5.46. The molecule has 2 atom stereocenters. The summed E-state index contributed by atoms with van der Waals surface area (Å²) in [6.45, 7) is 9.67.